The summed E-state index contributed by atoms with van der Waals surface area (Å²) in [6.45, 7) is 1.86. The average Bonchev–Trinajstić information content (AvgIpc) is 4.15. The summed E-state index contributed by atoms with van der Waals surface area (Å²) >= 11 is 19.9. The van der Waals surface area contributed by atoms with E-state index >= 15 is 0 Å². The van der Waals surface area contributed by atoms with Crippen LogP contribution in [0.5, 0.6) is 0 Å². The van der Waals surface area contributed by atoms with Crippen molar-refractivity contribution in [3.63, 3.8) is 0 Å². The van der Waals surface area contributed by atoms with Gasteiger partial charge in [-0.2, -0.15) is 23.6 Å². The first-order chi connectivity index (χ1) is 32.6. The van der Waals surface area contributed by atoms with E-state index in [1.54, 1.807) is 102 Å². The Morgan fingerprint density at radius 3 is 1.32 bits per heavy atom. The van der Waals surface area contributed by atoms with Crippen molar-refractivity contribution in [2.75, 3.05) is 26.2 Å². The van der Waals surface area contributed by atoms with Crippen LogP contribution < -0.4 is 10.6 Å². The van der Waals surface area contributed by atoms with Gasteiger partial charge in [-0.05, 0) is 135 Å². The van der Waals surface area contributed by atoms with Crippen LogP contribution in [0.2, 0.25) is 15.1 Å². The minimum absolute atomic E-state index is 0.0172. The summed E-state index contributed by atoms with van der Waals surface area (Å²) in [4.78, 5) is 40.5. The largest absolute Gasteiger partial charge is 0.347 e. The van der Waals surface area contributed by atoms with Gasteiger partial charge < -0.3 is 10.6 Å². The van der Waals surface area contributed by atoms with E-state index in [0.717, 1.165) is 32.1 Å². The average molecular weight is 1050 g/mol. The minimum atomic E-state index is -3.66. The topological polar surface area (TPSA) is 181 Å². The third-order valence-electron chi connectivity index (χ3n) is 11.5. The first kappa shape index (κ1) is 49.4. The number of amides is 2. The number of nitrogens with zero attached hydrogens (tertiary/aromatic N) is 5. The molecule has 0 saturated carbocycles. The number of carbonyl (C=O) groups excluding carboxylic acids is 3. The summed E-state index contributed by atoms with van der Waals surface area (Å²) in [5.41, 5.74) is 3.24. The van der Waals surface area contributed by atoms with E-state index in [2.05, 4.69) is 20.8 Å². The van der Waals surface area contributed by atoms with Gasteiger partial charge in [0, 0.05) is 73.6 Å². The number of hydrogen-bond donors (Lipinski definition) is 2. The van der Waals surface area contributed by atoms with E-state index in [4.69, 9.17) is 34.8 Å². The molecule has 68 heavy (non-hydrogen) atoms. The van der Waals surface area contributed by atoms with E-state index in [0.29, 0.717) is 70.5 Å². The predicted octanol–water partition coefficient (Wildman–Crippen LogP) is 9.37. The van der Waals surface area contributed by atoms with Crippen molar-refractivity contribution in [3.05, 3.63) is 163 Å². The number of carbonyl (C=O) groups is 3. The predicted molar refractivity (Wildman–Crippen MR) is 266 cm³/mol. The van der Waals surface area contributed by atoms with Gasteiger partial charge in [0.2, 0.25) is 0 Å². The van der Waals surface area contributed by atoms with Crippen molar-refractivity contribution in [3.8, 4) is 0 Å². The molecule has 4 aromatic carbocycles. The monoisotopic (exact) mass is 1050 g/mol. The van der Waals surface area contributed by atoms with Crippen molar-refractivity contribution < 1.29 is 31.2 Å². The Kier molecular flexibility index (Phi) is 15.8. The highest BCUT2D eigenvalue weighted by Gasteiger charge is 2.34. The Morgan fingerprint density at radius 1 is 0.529 bits per heavy atom. The fraction of sp³-hybridized carbons (Fsp3) is 0.255. The van der Waals surface area contributed by atoms with E-state index < -0.39 is 20.0 Å². The second kappa shape index (κ2) is 21.7. The lowest BCUT2D eigenvalue weighted by atomic mass is 9.90. The zero-order chi connectivity index (χ0) is 48.0. The van der Waals surface area contributed by atoms with Crippen LogP contribution in [0.25, 0.3) is 11.0 Å². The number of ketones is 1. The molecule has 7 aromatic rings. The van der Waals surface area contributed by atoms with Crippen LogP contribution in [0.4, 0.5) is 0 Å². The number of nitrogens with one attached hydrogen (secondary N) is 2. The first-order valence-electron chi connectivity index (χ1n) is 21.5. The number of piperidine rings is 2. The fourth-order valence-electron chi connectivity index (χ4n) is 7.74. The fourth-order valence-corrected chi connectivity index (χ4v) is 14.0. The zero-order valence-electron chi connectivity index (χ0n) is 36.1. The van der Waals surface area contributed by atoms with Crippen LogP contribution in [-0.2, 0) is 33.1 Å². The van der Waals surface area contributed by atoms with Gasteiger partial charge in [-0.3, -0.25) is 14.4 Å². The third kappa shape index (κ3) is 11.9. The number of halogens is 3. The number of benzene rings is 4. The molecule has 3 aromatic heterocycles. The van der Waals surface area contributed by atoms with Crippen LogP contribution in [0.3, 0.4) is 0 Å². The molecule has 354 valence electrons. The molecule has 0 radical (unpaired) electrons. The van der Waals surface area contributed by atoms with Crippen molar-refractivity contribution in [2.45, 2.75) is 53.2 Å². The highest BCUT2D eigenvalue weighted by Crippen LogP contribution is 2.32. The van der Waals surface area contributed by atoms with Gasteiger partial charge >= 0.3 is 0 Å². The first-order valence-corrected chi connectivity index (χ1v) is 27.2. The number of rotatable bonds is 13. The standard InChI is InChI=1S/C24H22Cl2N2O4S2.C23H22ClN5O3S2/c25-19-5-1-16(2-6-19)23(29)17-11-13-28(14-12-17)34(31,32)22-10-9-21(33-22)15-27-24(30)18-3-7-20(26)8-4-18;24-17-7-5-16(6-8-17)23(30)25-15-19-9-10-22(33-19)34(31,32)28-13-11-18(12-14-28)29-26-20-3-1-2-4-21(20)27-29/h1-10,17H,11-15H2,(H,27,30);1-10,18H,11-15H2,(H,25,30). The van der Waals surface area contributed by atoms with Crippen LogP contribution in [-0.4, -0.2) is 84.2 Å². The molecule has 0 atom stereocenters. The highest BCUT2D eigenvalue weighted by atomic mass is 35.5. The molecule has 0 aliphatic carbocycles. The Hall–Kier alpha value is -5.02. The number of sulfonamides is 2. The molecule has 2 fully saturated rings. The van der Waals surface area contributed by atoms with Crippen molar-refractivity contribution in [2.24, 2.45) is 5.92 Å². The molecule has 21 heteroatoms. The number of thiophene rings is 2. The molecule has 0 spiro atoms. The zero-order valence-corrected chi connectivity index (χ0v) is 41.7. The number of aromatic nitrogens is 3. The molecular formula is C47H44Cl3N7O7S4. The molecular weight excluding hydrogens is 1010 g/mol. The summed E-state index contributed by atoms with van der Waals surface area (Å²) in [6, 6.07) is 34.3. The molecule has 2 N–H and O–H groups in total. The summed E-state index contributed by atoms with van der Waals surface area (Å²) in [6.07, 6.45) is 2.23. The maximum atomic E-state index is 13.2. The lowest BCUT2D eigenvalue weighted by Gasteiger charge is -2.30. The van der Waals surface area contributed by atoms with Crippen LogP contribution in [0.1, 0.15) is 72.6 Å². The van der Waals surface area contributed by atoms with Crippen molar-refractivity contribution in [1.29, 1.82) is 0 Å². The summed E-state index contributed by atoms with van der Waals surface area (Å²) in [5, 5.41) is 16.4. The second-order valence-electron chi connectivity index (χ2n) is 16.0. The second-order valence-corrected chi connectivity index (χ2v) is 24.0. The lowest BCUT2D eigenvalue weighted by Crippen LogP contribution is -2.40. The molecule has 2 amide bonds. The molecule has 0 bridgehead atoms. The van der Waals surface area contributed by atoms with Gasteiger partial charge in [-0.1, -0.05) is 46.9 Å². The Bertz CT molecular complexity index is 3100. The van der Waals surface area contributed by atoms with E-state index in [9.17, 15) is 31.2 Å². The molecule has 9 rings (SSSR count). The van der Waals surface area contributed by atoms with E-state index in [-0.39, 0.29) is 64.2 Å². The lowest BCUT2D eigenvalue weighted by molar-refractivity contribution is 0.0874. The Balaban J connectivity index is 0.000000184. The minimum Gasteiger partial charge on any atom is -0.347 e. The normalized spacial score (nSPS) is 15.4. The summed E-state index contributed by atoms with van der Waals surface area (Å²) < 4.78 is 56.0. The molecule has 2 aliphatic rings. The molecule has 0 unspecified atom stereocenters. The van der Waals surface area contributed by atoms with Crippen molar-refractivity contribution >= 4 is 106 Å². The summed E-state index contributed by atoms with van der Waals surface area (Å²) in [5.74, 6) is -0.698. The van der Waals surface area contributed by atoms with Gasteiger partial charge in [-0.25, -0.2) is 16.8 Å². The number of fused-ring (bicyclic) bond motifs is 1. The highest BCUT2D eigenvalue weighted by molar-refractivity contribution is 7.91. The quantitative estimate of drug-likeness (QED) is 0.106. The molecule has 2 saturated heterocycles. The maximum Gasteiger partial charge on any atom is 0.252 e. The van der Waals surface area contributed by atoms with Gasteiger partial charge in [0.1, 0.15) is 19.5 Å². The smallest absolute Gasteiger partial charge is 0.252 e. The van der Waals surface area contributed by atoms with Crippen LogP contribution in [0.15, 0.2) is 130 Å². The van der Waals surface area contributed by atoms with Crippen molar-refractivity contribution in [1.82, 2.24) is 34.2 Å². The molecule has 5 heterocycles. The van der Waals surface area contributed by atoms with Gasteiger partial charge in [0.15, 0.2) is 5.78 Å². The van der Waals surface area contributed by atoms with E-state index in [1.807, 2.05) is 24.3 Å². The van der Waals surface area contributed by atoms with Crippen LogP contribution >= 0.6 is 57.5 Å². The summed E-state index contributed by atoms with van der Waals surface area (Å²) in [7, 11) is -7.25. The van der Waals surface area contributed by atoms with Gasteiger partial charge in [0.05, 0.1) is 19.1 Å². The van der Waals surface area contributed by atoms with Gasteiger partial charge in [-0.15, -0.1) is 22.7 Å². The Morgan fingerprint density at radius 2 is 0.912 bits per heavy atom. The Labute approximate surface area is 416 Å². The number of Topliss-reactive ketones (excluding diaryl/α,β-unsaturated/α-hetero) is 1. The maximum absolute atomic E-state index is 13.2. The number of hydrogen-bond acceptors (Lipinski definition) is 11. The molecule has 14 nitrogen and oxygen atoms in total. The van der Waals surface area contributed by atoms with Crippen LogP contribution in [0, 0.1) is 5.92 Å². The third-order valence-corrected chi connectivity index (χ3v) is 19.2. The van der Waals surface area contributed by atoms with Gasteiger partial charge in [0.25, 0.3) is 31.9 Å². The SMILES string of the molecule is O=C(NCc1ccc(S(=O)(=O)N2CCC(C(=O)c3ccc(Cl)cc3)CC2)s1)c1ccc(Cl)cc1.O=C(NCc1ccc(S(=O)(=O)N2CCC(n3nc4ccccc4n3)CC2)s1)c1ccc(Cl)cc1. The molecule has 2 aliphatic heterocycles. The van der Waals surface area contributed by atoms with E-state index in [1.165, 1.54) is 19.9 Å².